The fourth-order valence-electron chi connectivity index (χ4n) is 6.60. The second-order valence-corrected chi connectivity index (χ2v) is 12.6. The molecule has 0 spiro atoms. The summed E-state index contributed by atoms with van der Waals surface area (Å²) in [5.74, 6) is 0. The van der Waals surface area contributed by atoms with Gasteiger partial charge in [0.25, 0.3) is 0 Å². The van der Waals surface area contributed by atoms with Crippen LogP contribution in [0.15, 0.2) is 0 Å². The Balaban J connectivity index is 1.73. The molecule has 3 saturated heterocycles. The molecule has 0 amide bonds. The molecule has 28 heavy (non-hydrogen) atoms. The number of hydrogen-bond acceptors (Lipinski definition) is 4. The van der Waals surface area contributed by atoms with Crippen molar-refractivity contribution in [2.45, 2.75) is 122 Å². The average molecular weight is 393 g/mol. The van der Waals surface area contributed by atoms with Gasteiger partial charge in [-0.1, -0.05) is 0 Å². The normalized spacial score (nSPS) is 33.2. The lowest BCUT2D eigenvalue weighted by Gasteiger charge is -2.58. The van der Waals surface area contributed by atoms with Crippen molar-refractivity contribution in [3.63, 3.8) is 0 Å². The molecule has 3 fully saturated rings. The molecule has 3 rings (SSSR count). The van der Waals surface area contributed by atoms with Crippen molar-refractivity contribution in [1.82, 2.24) is 19.6 Å². The first-order chi connectivity index (χ1) is 12.7. The minimum Gasteiger partial charge on any atom is -0.296 e. The van der Waals surface area contributed by atoms with Gasteiger partial charge in [-0.3, -0.25) is 19.6 Å². The molecule has 164 valence electrons. The third-order valence-electron chi connectivity index (χ3n) is 8.86. The van der Waals surface area contributed by atoms with Crippen LogP contribution in [0.4, 0.5) is 0 Å². The van der Waals surface area contributed by atoms with E-state index in [2.05, 4.69) is 89.1 Å². The second kappa shape index (κ2) is 7.21. The van der Waals surface area contributed by atoms with Gasteiger partial charge in [-0.05, 0) is 102 Å². The van der Waals surface area contributed by atoms with Gasteiger partial charge in [0.05, 0.1) is 6.67 Å². The molecule has 4 nitrogen and oxygen atoms in total. The molecule has 0 saturated carbocycles. The predicted octanol–water partition coefficient (Wildman–Crippen LogP) is 4.25. The molecule has 0 atom stereocenters. The van der Waals surface area contributed by atoms with Gasteiger partial charge in [0.1, 0.15) is 0 Å². The number of likely N-dealkylation sites (tertiary alicyclic amines) is 2. The van der Waals surface area contributed by atoms with Gasteiger partial charge in [0.15, 0.2) is 0 Å². The van der Waals surface area contributed by atoms with Crippen LogP contribution in [0.1, 0.15) is 87.5 Å². The first-order valence-electron chi connectivity index (χ1n) is 11.6. The Morgan fingerprint density at radius 3 is 1.11 bits per heavy atom. The maximum Gasteiger partial charge on any atom is 0.0511 e. The average Bonchev–Trinajstić information content (AvgIpc) is 2.56. The van der Waals surface area contributed by atoms with Crippen molar-refractivity contribution in [2.75, 3.05) is 33.9 Å². The SMILES string of the molecule is CN1C(C)(C)CC(N2CCCN(C3CC(C)(C)N(C)C(C)(C)C3)C2)CC1(C)C. The quantitative estimate of drug-likeness (QED) is 0.696. The van der Waals surface area contributed by atoms with E-state index in [1.807, 2.05) is 0 Å². The molecule has 0 unspecified atom stereocenters. The lowest BCUT2D eigenvalue weighted by atomic mass is 9.76. The van der Waals surface area contributed by atoms with E-state index in [1.165, 1.54) is 51.9 Å². The fourth-order valence-corrected chi connectivity index (χ4v) is 6.60. The molecular weight excluding hydrogens is 344 g/mol. The summed E-state index contributed by atoms with van der Waals surface area (Å²) in [4.78, 5) is 10.9. The van der Waals surface area contributed by atoms with E-state index in [0.717, 1.165) is 0 Å². The zero-order chi connectivity index (χ0) is 21.1. The summed E-state index contributed by atoms with van der Waals surface area (Å²) in [6.07, 6.45) is 6.45. The zero-order valence-electron chi connectivity index (χ0n) is 20.6. The van der Waals surface area contributed by atoms with E-state index >= 15 is 0 Å². The van der Waals surface area contributed by atoms with Crippen molar-refractivity contribution in [3.05, 3.63) is 0 Å². The van der Waals surface area contributed by atoms with Crippen LogP contribution < -0.4 is 0 Å². The highest BCUT2D eigenvalue weighted by molar-refractivity contribution is 5.04. The summed E-state index contributed by atoms with van der Waals surface area (Å²) in [7, 11) is 4.64. The van der Waals surface area contributed by atoms with Crippen molar-refractivity contribution in [3.8, 4) is 0 Å². The first-order valence-corrected chi connectivity index (χ1v) is 11.6. The summed E-state index contributed by atoms with van der Waals surface area (Å²) in [6, 6.07) is 1.41. The highest BCUT2D eigenvalue weighted by Crippen LogP contribution is 2.41. The molecule has 0 bridgehead atoms. The Kier molecular flexibility index (Phi) is 5.80. The van der Waals surface area contributed by atoms with Crippen LogP contribution in [0.25, 0.3) is 0 Å². The van der Waals surface area contributed by atoms with E-state index in [0.29, 0.717) is 12.1 Å². The minimum atomic E-state index is 0.270. The van der Waals surface area contributed by atoms with Crippen molar-refractivity contribution >= 4 is 0 Å². The van der Waals surface area contributed by atoms with E-state index in [1.54, 1.807) is 0 Å². The highest BCUT2D eigenvalue weighted by Gasteiger charge is 2.47. The smallest absolute Gasteiger partial charge is 0.0511 e. The van der Waals surface area contributed by atoms with E-state index < -0.39 is 0 Å². The lowest BCUT2D eigenvalue weighted by molar-refractivity contribution is -0.0935. The van der Waals surface area contributed by atoms with E-state index in [-0.39, 0.29) is 22.2 Å². The van der Waals surface area contributed by atoms with Crippen LogP contribution in [0, 0.1) is 0 Å². The van der Waals surface area contributed by atoms with Crippen LogP contribution in [0.2, 0.25) is 0 Å². The van der Waals surface area contributed by atoms with Crippen molar-refractivity contribution < 1.29 is 0 Å². The largest absolute Gasteiger partial charge is 0.296 e. The Morgan fingerprint density at radius 1 is 0.536 bits per heavy atom. The summed E-state index contributed by atoms with van der Waals surface area (Å²) >= 11 is 0. The van der Waals surface area contributed by atoms with E-state index in [4.69, 9.17) is 0 Å². The molecule has 0 aromatic rings. The maximum atomic E-state index is 2.83. The Labute approximate surface area is 175 Å². The molecule has 0 aromatic heterocycles. The third kappa shape index (κ3) is 4.17. The number of piperidine rings is 2. The van der Waals surface area contributed by atoms with Gasteiger partial charge < -0.3 is 0 Å². The van der Waals surface area contributed by atoms with Crippen molar-refractivity contribution in [1.29, 1.82) is 0 Å². The summed E-state index contributed by atoms with van der Waals surface area (Å²) in [6.45, 7) is 23.2. The maximum absolute atomic E-state index is 2.83. The molecule has 0 radical (unpaired) electrons. The van der Waals surface area contributed by atoms with Crippen LogP contribution in [0.3, 0.4) is 0 Å². The second-order valence-electron chi connectivity index (χ2n) is 12.6. The molecule has 3 aliphatic heterocycles. The van der Waals surface area contributed by atoms with Gasteiger partial charge in [-0.2, -0.15) is 0 Å². The Hall–Kier alpha value is -0.160. The van der Waals surface area contributed by atoms with Crippen LogP contribution >= 0.6 is 0 Å². The van der Waals surface area contributed by atoms with E-state index in [9.17, 15) is 0 Å². The van der Waals surface area contributed by atoms with Crippen LogP contribution in [-0.2, 0) is 0 Å². The molecule has 4 heteroatoms. The topological polar surface area (TPSA) is 13.0 Å². The van der Waals surface area contributed by atoms with Crippen molar-refractivity contribution in [2.24, 2.45) is 0 Å². The summed E-state index contributed by atoms with van der Waals surface area (Å²) in [5.41, 5.74) is 1.08. The highest BCUT2D eigenvalue weighted by atomic mass is 15.4. The third-order valence-corrected chi connectivity index (χ3v) is 8.86. The molecule has 0 N–H and O–H groups in total. The standard InChI is InChI=1S/C24H48N4/c1-21(2)14-19(15-22(3,4)25(21)9)27-12-11-13-28(18-27)20-16-23(5,6)26(10)24(7,8)17-20/h19-20H,11-18H2,1-10H3. The summed E-state index contributed by atoms with van der Waals surface area (Å²) < 4.78 is 0. The summed E-state index contributed by atoms with van der Waals surface area (Å²) in [5, 5.41) is 0. The predicted molar refractivity (Wildman–Crippen MR) is 121 cm³/mol. The molecular formula is C24H48N4. The van der Waals surface area contributed by atoms with Crippen LogP contribution in [-0.4, -0.2) is 87.7 Å². The first kappa shape index (κ1) is 22.5. The molecule has 0 aliphatic carbocycles. The fraction of sp³-hybridized carbons (Fsp3) is 1.00. The Morgan fingerprint density at radius 2 is 0.821 bits per heavy atom. The monoisotopic (exact) mass is 392 g/mol. The number of rotatable bonds is 2. The molecule has 0 aromatic carbocycles. The molecule has 3 aliphatic rings. The zero-order valence-corrected chi connectivity index (χ0v) is 20.6. The minimum absolute atomic E-state index is 0.270. The van der Waals surface area contributed by atoms with Crippen LogP contribution in [0.5, 0.6) is 0 Å². The Bertz CT molecular complexity index is 481. The number of hydrogen-bond donors (Lipinski definition) is 0. The molecule has 3 heterocycles. The lowest BCUT2D eigenvalue weighted by Crippen LogP contribution is -2.66. The van der Waals surface area contributed by atoms with Gasteiger partial charge in [0.2, 0.25) is 0 Å². The van der Waals surface area contributed by atoms with Gasteiger partial charge in [0, 0.05) is 47.3 Å². The van der Waals surface area contributed by atoms with Gasteiger partial charge in [-0.15, -0.1) is 0 Å². The van der Waals surface area contributed by atoms with Gasteiger partial charge >= 0.3 is 0 Å². The number of nitrogens with zero attached hydrogens (tertiary/aromatic N) is 4. The van der Waals surface area contributed by atoms with Gasteiger partial charge in [-0.25, -0.2) is 0 Å².